The van der Waals surface area contributed by atoms with E-state index in [2.05, 4.69) is 13.1 Å². The van der Waals surface area contributed by atoms with E-state index in [4.69, 9.17) is 24.7 Å². The lowest BCUT2D eigenvalue weighted by atomic mass is 10.5. The van der Waals surface area contributed by atoms with Crippen LogP contribution in [0, 0.1) is 0 Å². The predicted octanol–water partition coefficient (Wildman–Crippen LogP) is 4.02. The van der Waals surface area contributed by atoms with Gasteiger partial charge in [0.05, 0.1) is 19.8 Å². The van der Waals surface area contributed by atoms with Gasteiger partial charge in [0.1, 0.15) is 0 Å². The van der Waals surface area contributed by atoms with Crippen molar-refractivity contribution in [1.29, 1.82) is 0 Å². The van der Waals surface area contributed by atoms with Crippen molar-refractivity contribution in [3.8, 4) is 0 Å². The highest BCUT2D eigenvalue weighted by atomic mass is 35.6. The van der Waals surface area contributed by atoms with E-state index in [0.717, 1.165) is 12.5 Å². The molecule has 0 saturated carbocycles. The van der Waals surface area contributed by atoms with Gasteiger partial charge in [-0.05, 0) is 26.3 Å². The molecule has 0 aromatic carbocycles. The molecule has 0 aromatic heterocycles. The molecule has 0 atom stereocenters. The van der Waals surface area contributed by atoms with Gasteiger partial charge in [0.2, 0.25) is 0 Å². The quantitative estimate of drug-likeness (QED) is 0.278. The number of hydrogen-bond acceptors (Lipinski definition) is 4. The van der Waals surface area contributed by atoms with Gasteiger partial charge in [0.15, 0.2) is 7.38 Å². The molecule has 0 unspecified atom stereocenters. The average Bonchev–Trinajstić information content (AvgIpc) is 2.12. The van der Waals surface area contributed by atoms with Crippen LogP contribution >= 0.6 is 18.9 Å². The van der Waals surface area contributed by atoms with E-state index in [9.17, 15) is 4.57 Å². The number of hydrogen-bond donors (Lipinski definition) is 0. The number of phosphoric ester groups is 1. The lowest BCUT2D eigenvalue weighted by Crippen LogP contribution is -2.16. The molecule has 0 N–H and O–H groups in total. The highest BCUT2D eigenvalue weighted by Crippen LogP contribution is 2.49. The molecule has 0 aliphatic rings. The highest BCUT2D eigenvalue weighted by molar-refractivity contribution is 7.48. The first-order chi connectivity index (χ1) is 7.33. The lowest BCUT2D eigenvalue weighted by Gasteiger charge is -2.17. The zero-order chi connectivity index (χ0) is 12.7. The Morgan fingerprint density at radius 2 is 1.62 bits per heavy atom. The topological polar surface area (TPSA) is 44.8 Å². The zero-order valence-corrected chi connectivity index (χ0v) is 13.1. The van der Waals surface area contributed by atoms with Gasteiger partial charge >= 0.3 is 7.82 Å². The second kappa shape index (κ2) is 7.85. The summed E-state index contributed by atoms with van der Waals surface area (Å²) in [5.74, 6) is 0. The minimum atomic E-state index is -3.33. The van der Waals surface area contributed by atoms with Crippen LogP contribution in [-0.2, 0) is 18.1 Å². The van der Waals surface area contributed by atoms with Crippen LogP contribution in [0.3, 0.4) is 0 Å². The normalized spacial score (nSPS) is 13.1. The van der Waals surface area contributed by atoms with Crippen molar-refractivity contribution in [2.75, 3.05) is 19.8 Å². The third kappa shape index (κ3) is 8.73. The van der Waals surface area contributed by atoms with E-state index >= 15 is 0 Å². The van der Waals surface area contributed by atoms with Gasteiger partial charge in [-0.3, -0.25) is 13.6 Å². The van der Waals surface area contributed by atoms with Gasteiger partial charge in [0.25, 0.3) is 0 Å². The SMILES string of the molecule is CCOP(=O)(OCC)OCCC[Si](C)(C)Cl. The molecule has 0 aliphatic heterocycles. The molecule has 0 bridgehead atoms. The maximum absolute atomic E-state index is 11.8. The summed E-state index contributed by atoms with van der Waals surface area (Å²) in [7, 11) is -4.90. The van der Waals surface area contributed by atoms with Crippen molar-refractivity contribution in [3.05, 3.63) is 0 Å². The van der Waals surface area contributed by atoms with Gasteiger partial charge in [-0.2, -0.15) is 11.1 Å². The van der Waals surface area contributed by atoms with Crippen LogP contribution < -0.4 is 0 Å². The van der Waals surface area contributed by atoms with Crippen molar-refractivity contribution >= 4 is 26.3 Å². The van der Waals surface area contributed by atoms with Crippen molar-refractivity contribution in [1.82, 2.24) is 0 Å². The van der Waals surface area contributed by atoms with E-state index in [1.54, 1.807) is 13.8 Å². The Bertz CT molecular complexity index is 222. The fraction of sp³-hybridized carbons (Fsp3) is 1.00. The molecule has 0 aromatic rings. The summed E-state index contributed by atoms with van der Waals surface area (Å²) in [6.07, 6.45) is 0.785. The summed E-state index contributed by atoms with van der Waals surface area (Å²) in [6, 6.07) is 0.923. The first kappa shape index (κ1) is 16.6. The van der Waals surface area contributed by atoms with Gasteiger partial charge in [0, 0.05) is 0 Å². The second-order valence-corrected chi connectivity index (χ2v) is 12.6. The molecule has 0 spiro atoms. The summed E-state index contributed by atoms with van der Waals surface area (Å²) < 4.78 is 27.0. The monoisotopic (exact) mass is 288 g/mol. The van der Waals surface area contributed by atoms with E-state index in [-0.39, 0.29) is 0 Å². The summed E-state index contributed by atoms with van der Waals surface area (Å²) in [5, 5.41) is 0. The standard InChI is InChI=1S/C9H22ClO4PSi/c1-5-12-15(11,13-6-2)14-8-7-9-16(3,4)10/h5-9H2,1-4H3. The third-order valence-electron chi connectivity index (χ3n) is 1.74. The molecule has 0 heterocycles. The predicted molar refractivity (Wildman–Crippen MR) is 69.6 cm³/mol. The molecule has 0 aliphatic carbocycles. The van der Waals surface area contributed by atoms with Crippen LogP contribution in [0.4, 0.5) is 0 Å². The zero-order valence-electron chi connectivity index (χ0n) is 10.5. The van der Waals surface area contributed by atoms with E-state index in [1.807, 2.05) is 0 Å². The highest BCUT2D eigenvalue weighted by Gasteiger charge is 2.25. The molecular weight excluding hydrogens is 267 g/mol. The molecule has 98 valence electrons. The summed E-state index contributed by atoms with van der Waals surface area (Å²) in [4.78, 5) is 0. The summed E-state index contributed by atoms with van der Waals surface area (Å²) in [6.45, 7) is 8.63. The molecule has 0 fully saturated rings. The Hall–Kier alpha value is 0.617. The van der Waals surface area contributed by atoms with Crippen molar-refractivity contribution in [2.24, 2.45) is 0 Å². The fourth-order valence-electron chi connectivity index (χ4n) is 1.10. The fourth-order valence-corrected chi connectivity index (χ4v) is 3.69. The van der Waals surface area contributed by atoms with Gasteiger partial charge in [-0.25, -0.2) is 4.57 Å². The van der Waals surface area contributed by atoms with Gasteiger partial charge < -0.3 is 0 Å². The first-order valence-corrected chi connectivity index (χ1v) is 11.2. The Morgan fingerprint density at radius 3 is 2.00 bits per heavy atom. The average molecular weight is 289 g/mol. The van der Waals surface area contributed by atoms with Crippen molar-refractivity contribution in [3.63, 3.8) is 0 Å². The minimum absolute atomic E-state index is 0.313. The van der Waals surface area contributed by atoms with Crippen LogP contribution in [0.2, 0.25) is 19.1 Å². The van der Waals surface area contributed by atoms with E-state index in [1.165, 1.54) is 0 Å². The summed E-state index contributed by atoms with van der Waals surface area (Å²) >= 11 is 6.16. The van der Waals surface area contributed by atoms with Crippen molar-refractivity contribution in [2.45, 2.75) is 39.4 Å². The largest absolute Gasteiger partial charge is 0.474 e. The number of halogens is 1. The third-order valence-corrected chi connectivity index (χ3v) is 5.50. The molecule has 16 heavy (non-hydrogen) atoms. The van der Waals surface area contributed by atoms with Crippen LogP contribution in [0.5, 0.6) is 0 Å². The first-order valence-electron chi connectivity index (χ1n) is 5.55. The maximum atomic E-state index is 11.8. The molecule has 0 rings (SSSR count). The maximum Gasteiger partial charge on any atom is 0.474 e. The van der Waals surface area contributed by atoms with Crippen LogP contribution in [0.15, 0.2) is 0 Å². The minimum Gasteiger partial charge on any atom is -0.287 e. The Morgan fingerprint density at radius 1 is 1.12 bits per heavy atom. The van der Waals surface area contributed by atoms with Gasteiger partial charge in [-0.1, -0.05) is 13.1 Å². The van der Waals surface area contributed by atoms with Crippen LogP contribution in [0.25, 0.3) is 0 Å². The Labute approximate surface area is 104 Å². The molecular formula is C9H22ClO4PSi. The molecule has 4 nitrogen and oxygen atoms in total. The lowest BCUT2D eigenvalue weighted by molar-refractivity contribution is 0.121. The van der Waals surface area contributed by atoms with Crippen LogP contribution in [0.1, 0.15) is 20.3 Å². The summed E-state index contributed by atoms with van der Waals surface area (Å²) in [5.41, 5.74) is 0. The van der Waals surface area contributed by atoms with Crippen LogP contribution in [-0.4, -0.2) is 27.2 Å². The van der Waals surface area contributed by atoms with E-state index in [0.29, 0.717) is 19.8 Å². The molecule has 0 saturated heterocycles. The van der Waals surface area contributed by atoms with Crippen molar-refractivity contribution < 1.29 is 18.1 Å². The van der Waals surface area contributed by atoms with Gasteiger partial charge in [-0.15, -0.1) is 0 Å². The second-order valence-electron chi connectivity index (χ2n) is 3.94. The Kier molecular flexibility index (Phi) is 8.15. The number of phosphoric acid groups is 1. The molecule has 0 amide bonds. The smallest absolute Gasteiger partial charge is 0.287 e. The van der Waals surface area contributed by atoms with E-state index < -0.39 is 15.2 Å². The number of rotatable bonds is 9. The molecule has 7 heteroatoms. The molecule has 0 radical (unpaired) electrons. The Balaban J connectivity index is 3.90.